The third kappa shape index (κ3) is 26.0. The number of unbranched alkanes of at least 4 members (excludes halogenated alkanes) is 2. The number of amides is 2. The van der Waals surface area contributed by atoms with Crippen molar-refractivity contribution in [3.8, 4) is 0 Å². The molecule has 17 atom stereocenters. The van der Waals surface area contributed by atoms with Gasteiger partial charge in [0.05, 0.1) is 19.3 Å². The van der Waals surface area contributed by atoms with Crippen molar-refractivity contribution in [2.75, 3.05) is 46.2 Å². The molecule has 42 heteroatoms. The van der Waals surface area contributed by atoms with Gasteiger partial charge in [-0.05, 0) is 33.6 Å². The number of alkyl carbamates (subject to hydrolysis) is 1. The highest BCUT2D eigenvalue weighted by Gasteiger charge is 2.49. The first-order valence-electron chi connectivity index (χ1n) is 30.3. The fourth-order valence-corrected chi connectivity index (χ4v) is 8.91. The summed E-state index contributed by atoms with van der Waals surface area (Å²) in [5, 5.41) is 293. The van der Waals surface area contributed by atoms with Crippen LogP contribution >= 0.6 is 0 Å². The third-order valence-corrected chi connectivity index (χ3v) is 14.1. The summed E-state index contributed by atoms with van der Waals surface area (Å²) in [7, 11) is 0. The Bertz CT molecular complexity index is 2810. The van der Waals surface area contributed by atoms with Gasteiger partial charge in [-0.2, -0.15) is 0 Å². The van der Waals surface area contributed by atoms with Crippen LogP contribution in [0.4, 0.5) is 4.79 Å². The van der Waals surface area contributed by atoms with Gasteiger partial charge in [0.2, 0.25) is 43.6 Å². The van der Waals surface area contributed by atoms with Crippen LogP contribution in [0.15, 0.2) is 75.3 Å². The molecule has 2 bridgehead atoms. The van der Waals surface area contributed by atoms with Crippen LogP contribution in [0.25, 0.3) is 0 Å². The Hall–Kier alpha value is -6.96. The highest BCUT2D eigenvalue weighted by Crippen LogP contribution is 2.32. The maximum absolute atomic E-state index is 12.6. The van der Waals surface area contributed by atoms with Gasteiger partial charge in [0.1, 0.15) is 72.3 Å². The Balaban J connectivity index is 2.16. The minimum absolute atomic E-state index is 0.0776. The fraction of sp³-hybridized carbons (Fsp3) is 0.714. The number of aryl methyl sites for hydroxylation is 1. The van der Waals surface area contributed by atoms with E-state index in [2.05, 4.69) is 20.9 Å². The molecule has 2 amide bonds. The molecule has 3 aliphatic rings. The van der Waals surface area contributed by atoms with E-state index in [0.29, 0.717) is 25.8 Å². The molecule has 0 saturated carbocycles. The number of rotatable bonds is 22. The lowest BCUT2D eigenvalue weighted by Crippen LogP contribution is -2.61. The van der Waals surface area contributed by atoms with Crippen molar-refractivity contribution in [3.05, 3.63) is 81.0 Å². The van der Waals surface area contributed by atoms with Crippen molar-refractivity contribution >= 4 is 12.0 Å². The van der Waals surface area contributed by atoms with Gasteiger partial charge in [-0.3, -0.25) is 9.48 Å². The second-order valence-electron chi connectivity index (χ2n) is 22.6. The summed E-state index contributed by atoms with van der Waals surface area (Å²) in [5.41, 5.74) is -0.546. The van der Waals surface area contributed by atoms with Crippen LogP contribution in [-0.4, -0.2) is 317 Å². The zero-order valence-electron chi connectivity index (χ0n) is 53.3. The number of nitrogens with zero attached hydrogens (tertiary/aromatic N) is 3. The number of aliphatic hydroxyl groups is 26. The largest absolute Gasteiger partial charge is 0.506 e. The van der Waals surface area contributed by atoms with Crippen molar-refractivity contribution in [2.24, 2.45) is 0 Å². The SMILES string of the molecule is CC(C)(C)OC(=O)NCCCCCC(=O)NCc1cn(CCC2OC(O)/C(O)=C(\O)C(CCO)OC(O)/C(O)=C(\O)C(CCO)OC(O)/C(O)=C(\O)C(CCO)OC(O)/C(O)=C(\O)C(CCO)OC(O)/C(O)=C(\O)C(CCO)OC3OC(CO)C(OC(O)C(O)=C2O)C(O)C3O)nn1. The predicted molar refractivity (Wildman–Crippen MR) is 319 cm³/mol. The number of aliphatic hydroxyl groups excluding tert-OH is 26. The molecule has 42 nitrogen and oxygen atoms in total. The highest BCUT2D eigenvalue weighted by molar-refractivity contribution is 5.75. The first-order valence-corrected chi connectivity index (χ1v) is 30.3. The molecule has 1 fully saturated rings. The average Bonchev–Trinajstić information content (AvgIpc) is 0.923. The van der Waals surface area contributed by atoms with E-state index in [1.54, 1.807) is 20.8 Å². The fourth-order valence-electron chi connectivity index (χ4n) is 8.91. The molecule has 4 rings (SSSR count). The molecule has 28 N–H and O–H groups in total. The zero-order valence-corrected chi connectivity index (χ0v) is 53.3. The topological polar surface area (TPSA) is 698 Å². The Morgan fingerprint density at radius 3 is 1.17 bits per heavy atom. The van der Waals surface area contributed by atoms with E-state index >= 15 is 0 Å². The molecule has 1 aromatic heterocycles. The first kappa shape index (κ1) is 85.3. The van der Waals surface area contributed by atoms with Gasteiger partial charge in [0.15, 0.2) is 75.4 Å². The van der Waals surface area contributed by atoms with E-state index in [1.165, 1.54) is 6.20 Å². The Labute approximate surface area is 557 Å². The van der Waals surface area contributed by atoms with Crippen molar-refractivity contribution in [2.45, 2.75) is 209 Å². The maximum atomic E-state index is 12.6. The van der Waals surface area contributed by atoms with Gasteiger partial charge >= 0.3 is 6.09 Å². The summed E-state index contributed by atoms with van der Waals surface area (Å²) in [6.07, 6.45) is -44.6. The molecule has 0 spiro atoms. The molecule has 0 aromatic carbocycles. The lowest BCUT2D eigenvalue weighted by Gasteiger charge is -2.43. The molecular weight excluding hydrogens is 1330 g/mol. The smallest absolute Gasteiger partial charge is 0.407 e. The highest BCUT2D eigenvalue weighted by atomic mass is 16.7. The number of hydrogen-bond donors (Lipinski definition) is 28. The van der Waals surface area contributed by atoms with Crippen molar-refractivity contribution in [3.63, 3.8) is 0 Å². The van der Waals surface area contributed by atoms with Crippen LogP contribution in [0.1, 0.15) is 90.7 Å². The van der Waals surface area contributed by atoms with E-state index in [0.717, 1.165) is 4.68 Å². The molecule has 3 aliphatic heterocycles. The van der Waals surface area contributed by atoms with E-state index < -0.39 is 276 Å². The Morgan fingerprint density at radius 2 is 0.816 bits per heavy atom. The lowest BCUT2D eigenvalue weighted by atomic mass is 9.98. The monoisotopic (exact) mass is 1430 g/mol. The third-order valence-electron chi connectivity index (χ3n) is 14.1. The van der Waals surface area contributed by atoms with Gasteiger partial charge in [-0.1, -0.05) is 11.6 Å². The van der Waals surface area contributed by atoms with E-state index in [1.807, 2.05) is 0 Å². The molecule has 17 unspecified atom stereocenters. The van der Waals surface area contributed by atoms with Gasteiger partial charge in [-0.25, -0.2) is 4.79 Å². The predicted octanol–water partition coefficient (Wildman–Crippen LogP) is -3.69. The molecule has 1 aromatic rings. The van der Waals surface area contributed by atoms with Crippen LogP contribution in [0.5, 0.6) is 0 Å². The van der Waals surface area contributed by atoms with E-state index in [-0.39, 0.29) is 18.7 Å². The summed E-state index contributed by atoms with van der Waals surface area (Å²) in [4.78, 5) is 24.5. The van der Waals surface area contributed by atoms with Gasteiger partial charge in [0, 0.05) is 91.1 Å². The number of aromatic nitrogens is 3. The first-order chi connectivity index (χ1) is 46.1. The zero-order chi connectivity index (χ0) is 73.9. The summed E-state index contributed by atoms with van der Waals surface area (Å²) >= 11 is 0. The number of carbonyl (C=O) groups excluding carboxylic acids is 2. The Kier molecular flexibility index (Phi) is 36.2. The van der Waals surface area contributed by atoms with Crippen molar-refractivity contribution in [1.29, 1.82) is 0 Å². The molecule has 1 saturated heterocycles. The van der Waals surface area contributed by atoms with Crippen LogP contribution in [0, 0.1) is 0 Å². The van der Waals surface area contributed by atoms with Gasteiger partial charge in [0.25, 0.3) is 0 Å². The van der Waals surface area contributed by atoms with Crippen molar-refractivity contribution < 1.29 is 185 Å². The minimum Gasteiger partial charge on any atom is -0.506 e. The number of ether oxygens (including phenoxy) is 9. The normalized spacial score (nSPS) is 33.6. The quantitative estimate of drug-likeness (QED) is 0.0497. The van der Waals surface area contributed by atoms with Crippen LogP contribution in [0.3, 0.4) is 0 Å². The van der Waals surface area contributed by atoms with Gasteiger partial charge in [-0.15, -0.1) is 5.10 Å². The molecule has 98 heavy (non-hydrogen) atoms. The molecule has 0 aliphatic carbocycles. The van der Waals surface area contributed by atoms with E-state index in [9.17, 15) is 142 Å². The van der Waals surface area contributed by atoms with Crippen molar-refractivity contribution in [1.82, 2.24) is 25.6 Å². The second-order valence-corrected chi connectivity index (χ2v) is 22.6. The maximum Gasteiger partial charge on any atom is 0.407 e. The van der Waals surface area contributed by atoms with Crippen LogP contribution < -0.4 is 10.6 Å². The summed E-state index contributed by atoms with van der Waals surface area (Å²) in [5.74, 6) is -19.7. The van der Waals surface area contributed by atoms with Gasteiger partial charge < -0.3 is 186 Å². The van der Waals surface area contributed by atoms with Crippen LogP contribution in [0.2, 0.25) is 0 Å². The molecule has 564 valence electrons. The number of hydrogen-bond acceptors (Lipinski definition) is 39. The number of fused-ring (bicyclic) bond motifs is 26. The van der Waals surface area contributed by atoms with Crippen LogP contribution in [-0.2, 0) is 60.5 Å². The Morgan fingerprint density at radius 1 is 0.459 bits per heavy atom. The minimum atomic E-state index is -2.91. The number of carbonyl (C=O) groups is 2. The standard InChI is InChI=1S/C56H93N5O37/c1-56(2,3)98-55(89)57-14-6-4-5-7-32(68)58-21-24-22-61(60-59-24)15-8-25-33(69)45(81)53(88)97-47-31(23-67)96-54(46(82)39(47)75)95-30(13-20-66)38(74)44(80)52(87)94-29(12-19-65)37(73)43(79)51(86)93-28(11-18-64)36(72)42(78)50(85)92-27(10-17-63)35(71)41(77)49(84)91-26(9-16-62)34(70)40(76)48(83)90-25/h22,25-31,39,46-54,62-67,69-88H,4-21,23H2,1-3H3,(H,57,89)(H,58,68)/b40-34+,41-35+,42-36+,43-37+,44-38+,45-33?. The summed E-state index contributed by atoms with van der Waals surface area (Å²) < 4.78 is 48.3. The second kappa shape index (κ2) is 41.6. The number of nitrogens with one attached hydrogen (secondary N) is 2. The summed E-state index contributed by atoms with van der Waals surface area (Å²) in [6, 6.07) is 0. The lowest BCUT2D eigenvalue weighted by molar-refractivity contribution is -0.329. The molecular formula is C56H93N5O37. The molecule has 0 radical (unpaired) electrons. The summed E-state index contributed by atoms with van der Waals surface area (Å²) in [6.45, 7) is -1.44. The van der Waals surface area contributed by atoms with E-state index in [4.69, 9.17) is 42.6 Å². The average molecular weight is 1430 g/mol. The molecule has 4 heterocycles.